The van der Waals surface area contributed by atoms with Gasteiger partial charge in [-0.3, -0.25) is 0 Å². The molecular formula is C19F17N. The van der Waals surface area contributed by atoms with Crippen LogP contribution in [0.1, 0.15) is 16.7 Å². The van der Waals surface area contributed by atoms with Crippen molar-refractivity contribution < 1.29 is 74.8 Å². The van der Waals surface area contributed by atoms with Gasteiger partial charge in [0.15, 0.2) is 75.3 Å². The van der Waals surface area contributed by atoms with Gasteiger partial charge < -0.3 is 0 Å². The molecule has 0 spiro atoms. The average Bonchev–Trinajstić information content (AvgIpc) is 2.85. The van der Waals surface area contributed by atoms with Gasteiger partial charge in [-0.2, -0.15) is 0 Å². The second kappa shape index (κ2) is 9.07. The van der Waals surface area contributed by atoms with E-state index in [0.717, 1.165) is 0 Å². The van der Waals surface area contributed by atoms with Gasteiger partial charge in [0.25, 0.3) is 0 Å². The zero-order valence-electron chi connectivity index (χ0n) is 16.4. The fraction of sp³-hybridized carbons (Fsp3) is 0.0526. The first-order chi connectivity index (χ1) is 17.0. The van der Waals surface area contributed by atoms with Crippen molar-refractivity contribution in [2.75, 3.05) is 0 Å². The molecule has 37 heavy (non-hydrogen) atoms. The van der Waals surface area contributed by atoms with Crippen molar-refractivity contribution in [1.82, 2.24) is 5.34 Å². The molecule has 0 aliphatic rings. The molecule has 0 aliphatic heterocycles. The van der Waals surface area contributed by atoms with Gasteiger partial charge in [0, 0.05) is 5.34 Å². The van der Waals surface area contributed by atoms with E-state index in [-0.39, 0.29) is 0 Å². The molecule has 3 rings (SSSR count). The lowest BCUT2D eigenvalue weighted by molar-refractivity contribution is -0.214. The Morgan fingerprint density at radius 1 is 0.270 bits per heavy atom. The number of benzene rings is 3. The molecule has 0 atom stereocenters. The summed E-state index contributed by atoms with van der Waals surface area (Å²) < 4.78 is 240. The SMILES string of the molecule is Fc1c(F)c(F)c(C(c2c(F)c(F)c(F)c(F)c2F)(c2c(F)c(F)c(F)c(F)c2F)N(F)F)c(F)c1F. The molecule has 3 aromatic rings. The fourth-order valence-electron chi connectivity index (χ4n) is 3.40. The Morgan fingerprint density at radius 2 is 0.405 bits per heavy atom. The van der Waals surface area contributed by atoms with Crippen LogP contribution in [0.2, 0.25) is 0 Å². The fourth-order valence-corrected chi connectivity index (χ4v) is 3.40. The molecule has 1 nitrogen and oxygen atoms in total. The van der Waals surface area contributed by atoms with Gasteiger partial charge in [-0.1, -0.05) is 8.96 Å². The predicted octanol–water partition coefficient (Wildman–Crippen LogP) is 7.14. The van der Waals surface area contributed by atoms with E-state index < -0.39 is 115 Å². The minimum atomic E-state index is -5.95. The second-order valence-corrected chi connectivity index (χ2v) is 6.78. The smallest absolute Gasteiger partial charge is 0.200 e. The molecule has 0 saturated carbocycles. The predicted molar refractivity (Wildman–Crippen MR) is 82.6 cm³/mol. The summed E-state index contributed by atoms with van der Waals surface area (Å²) in [5.74, 6) is -51.3. The van der Waals surface area contributed by atoms with E-state index in [1.807, 2.05) is 0 Å². The van der Waals surface area contributed by atoms with Crippen LogP contribution in [-0.4, -0.2) is 5.34 Å². The van der Waals surface area contributed by atoms with E-state index in [1.54, 1.807) is 0 Å². The Labute approximate surface area is 190 Å². The number of hydrogen-bond donors (Lipinski definition) is 0. The van der Waals surface area contributed by atoms with E-state index in [1.165, 1.54) is 0 Å². The highest BCUT2D eigenvalue weighted by molar-refractivity contribution is 5.53. The topological polar surface area (TPSA) is 3.24 Å². The van der Waals surface area contributed by atoms with Gasteiger partial charge in [0.2, 0.25) is 17.5 Å². The number of nitrogens with zero attached hydrogens (tertiary/aromatic N) is 1. The molecule has 0 bridgehead atoms. The maximum atomic E-state index is 14.6. The number of rotatable bonds is 4. The number of halogens is 17. The van der Waals surface area contributed by atoms with Gasteiger partial charge in [0.05, 0.1) is 16.7 Å². The third-order valence-electron chi connectivity index (χ3n) is 4.97. The largest absolute Gasteiger partial charge is 0.203 e. The van der Waals surface area contributed by atoms with Crippen LogP contribution in [0.3, 0.4) is 0 Å². The maximum absolute atomic E-state index is 14.6. The van der Waals surface area contributed by atoms with Crippen LogP contribution in [0.25, 0.3) is 0 Å². The van der Waals surface area contributed by atoms with Gasteiger partial charge in [-0.15, -0.1) is 0 Å². The van der Waals surface area contributed by atoms with E-state index in [0.29, 0.717) is 0 Å². The summed E-state index contributed by atoms with van der Waals surface area (Å²) in [7, 11) is 0. The Morgan fingerprint density at radius 3 is 0.541 bits per heavy atom. The van der Waals surface area contributed by atoms with Gasteiger partial charge in [-0.05, 0) is 0 Å². The van der Waals surface area contributed by atoms with Crippen LogP contribution >= 0.6 is 0 Å². The first-order valence-electron chi connectivity index (χ1n) is 8.65. The van der Waals surface area contributed by atoms with Crippen molar-refractivity contribution >= 4 is 0 Å². The molecule has 0 fully saturated rings. The molecule has 0 amide bonds. The van der Waals surface area contributed by atoms with Gasteiger partial charge in [0.1, 0.15) is 0 Å². The van der Waals surface area contributed by atoms with Crippen LogP contribution in [0.5, 0.6) is 0 Å². The first kappa shape index (κ1) is 28.0. The molecular weight excluding hydrogens is 565 g/mol. The number of hydrogen-bond acceptors (Lipinski definition) is 1. The zero-order chi connectivity index (χ0) is 28.5. The lowest BCUT2D eigenvalue weighted by Crippen LogP contribution is -2.46. The second-order valence-electron chi connectivity index (χ2n) is 6.78. The average molecular weight is 565 g/mol. The van der Waals surface area contributed by atoms with E-state index in [4.69, 9.17) is 0 Å². The molecule has 18 heteroatoms. The van der Waals surface area contributed by atoms with Crippen molar-refractivity contribution in [3.8, 4) is 0 Å². The molecule has 0 radical (unpaired) electrons. The molecule has 0 N–H and O–H groups in total. The summed E-state index contributed by atoms with van der Waals surface area (Å²) in [5.41, 5.74) is -16.4. The molecule has 200 valence electrons. The van der Waals surface area contributed by atoms with Crippen LogP contribution in [0, 0.1) is 87.3 Å². The van der Waals surface area contributed by atoms with Crippen molar-refractivity contribution in [2.45, 2.75) is 5.54 Å². The van der Waals surface area contributed by atoms with Crippen LogP contribution < -0.4 is 0 Å². The first-order valence-corrected chi connectivity index (χ1v) is 8.65. The minimum absolute atomic E-state index is 3.20. The molecule has 0 heterocycles. The van der Waals surface area contributed by atoms with E-state index in [9.17, 15) is 74.8 Å². The molecule has 0 aromatic heterocycles. The minimum Gasteiger partial charge on any atom is -0.203 e. The van der Waals surface area contributed by atoms with Crippen molar-refractivity contribution in [3.05, 3.63) is 104 Å². The van der Waals surface area contributed by atoms with E-state index in [2.05, 4.69) is 0 Å². The van der Waals surface area contributed by atoms with Crippen LogP contribution in [0.4, 0.5) is 74.8 Å². The Bertz CT molecular complexity index is 1210. The molecule has 0 unspecified atom stereocenters. The summed E-state index contributed by atoms with van der Waals surface area (Å²) in [4.78, 5) is 0. The summed E-state index contributed by atoms with van der Waals surface area (Å²) >= 11 is 0. The van der Waals surface area contributed by atoms with E-state index >= 15 is 0 Å². The normalized spacial score (nSPS) is 12.2. The Hall–Kier alpha value is -3.57. The van der Waals surface area contributed by atoms with Gasteiger partial charge >= 0.3 is 0 Å². The Balaban J connectivity index is 2.90. The summed E-state index contributed by atoms with van der Waals surface area (Å²) in [6.45, 7) is 0. The van der Waals surface area contributed by atoms with Crippen molar-refractivity contribution in [3.63, 3.8) is 0 Å². The standard InChI is InChI=1S/C19F17N/c20-4-1(5(21)11(27)16(32)10(4)26)19(37(35)36,2-6(22)12(28)17(33)13(29)7(2)23)3-8(24)14(30)18(34)15(31)9(3)25. The molecule has 0 aliphatic carbocycles. The van der Waals surface area contributed by atoms with Crippen molar-refractivity contribution in [1.29, 1.82) is 0 Å². The van der Waals surface area contributed by atoms with Crippen LogP contribution in [0.15, 0.2) is 0 Å². The summed E-state index contributed by atoms with van der Waals surface area (Å²) in [5, 5.41) is -3.28. The highest BCUT2D eigenvalue weighted by atomic mass is 19.4. The monoisotopic (exact) mass is 565 g/mol. The quantitative estimate of drug-likeness (QED) is 0.107. The highest BCUT2D eigenvalue weighted by Gasteiger charge is 2.59. The summed E-state index contributed by atoms with van der Waals surface area (Å²) in [6.07, 6.45) is 0. The van der Waals surface area contributed by atoms with Gasteiger partial charge in [-0.25, -0.2) is 65.9 Å². The summed E-state index contributed by atoms with van der Waals surface area (Å²) in [6, 6.07) is 0. The van der Waals surface area contributed by atoms with Crippen LogP contribution in [-0.2, 0) is 5.54 Å². The third-order valence-corrected chi connectivity index (χ3v) is 4.97. The zero-order valence-corrected chi connectivity index (χ0v) is 16.4. The lowest BCUT2D eigenvalue weighted by atomic mass is 9.75. The lowest BCUT2D eigenvalue weighted by Gasteiger charge is -2.36. The molecule has 3 aromatic carbocycles. The van der Waals surface area contributed by atoms with Crippen molar-refractivity contribution in [2.24, 2.45) is 0 Å². The third kappa shape index (κ3) is 3.51. The maximum Gasteiger partial charge on any atom is 0.200 e. The highest BCUT2D eigenvalue weighted by Crippen LogP contribution is 2.51. The molecule has 0 saturated heterocycles. The Kier molecular flexibility index (Phi) is 6.87.